The van der Waals surface area contributed by atoms with E-state index in [4.69, 9.17) is 4.99 Å². The number of likely N-dealkylation sites (tertiary alicyclic amines) is 1. The molecule has 0 aliphatic carbocycles. The molecule has 0 aromatic carbocycles. The zero-order valence-electron chi connectivity index (χ0n) is 16.1. The maximum atomic E-state index is 4.97. The molecular weight excluding hydrogens is 457 g/mol. The van der Waals surface area contributed by atoms with E-state index in [1.165, 1.54) is 10.4 Å². The van der Waals surface area contributed by atoms with Gasteiger partial charge in [-0.15, -0.1) is 35.3 Å². The van der Waals surface area contributed by atoms with Gasteiger partial charge < -0.3 is 10.2 Å². The Morgan fingerprint density at radius 1 is 1.46 bits per heavy atom. The van der Waals surface area contributed by atoms with Crippen LogP contribution in [0.3, 0.4) is 0 Å². The quantitative estimate of drug-likeness (QED) is 0.396. The first kappa shape index (κ1) is 21.2. The van der Waals surface area contributed by atoms with Crippen molar-refractivity contribution in [1.29, 1.82) is 0 Å². The molecule has 1 unspecified atom stereocenters. The molecule has 5 nitrogen and oxygen atoms in total. The number of aryl methyl sites for hydroxylation is 1. The highest BCUT2D eigenvalue weighted by atomic mass is 127. The maximum Gasteiger partial charge on any atom is 0.193 e. The Morgan fingerprint density at radius 2 is 2.27 bits per heavy atom. The summed E-state index contributed by atoms with van der Waals surface area (Å²) in [5, 5.41) is 9.94. The summed E-state index contributed by atoms with van der Waals surface area (Å²) in [5.74, 6) is 1.58. The molecule has 26 heavy (non-hydrogen) atoms. The van der Waals surface area contributed by atoms with Crippen LogP contribution in [0.15, 0.2) is 34.9 Å². The Hall–Kier alpha value is -1.09. The Balaban J connectivity index is 0.00000243. The van der Waals surface area contributed by atoms with Crippen molar-refractivity contribution >= 4 is 41.3 Å². The summed E-state index contributed by atoms with van der Waals surface area (Å²) >= 11 is 1.81. The molecule has 1 fully saturated rings. The van der Waals surface area contributed by atoms with Gasteiger partial charge in [-0.2, -0.15) is 5.10 Å². The Kier molecular flexibility index (Phi) is 7.52. The summed E-state index contributed by atoms with van der Waals surface area (Å²) in [7, 11) is 1.98. The van der Waals surface area contributed by atoms with Crippen LogP contribution in [0.5, 0.6) is 0 Å². The van der Waals surface area contributed by atoms with E-state index in [-0.39, 0.29) is 29.4 Å². The van der Waals surface area contributed by atoms with Gasteiger partial charge in [0.25, 0.3) is 0 Å². The SMILES string of the molecule is CCNC(=NCC(C)(C)c1cccs1)N1CCC(c2cnn(C)c2)C1.I. The predicted molar refractivity (Wildman–Crippen MR) is 121 cm³/mol. The number of aliphatic imine (C=N–C) groups is 1. The molecular formula is C19H30IN5S. The average Bonchev–Trinajstić information content (AvgIpc) is 3.31. The van der Waals surface area contributed by atoms with E-state index in [2.05, 4.69) is 59.8 Å². The highest BCUT2D eigenvalue weighted by Crippen LogP contribution is 2.29. The fraction of sp³-hybridized carbons (Fsp3) is 0.579. The minimum absolute atomic E-state index is 0. The number of thiophene rings is 1. The fourth-order valence-electron chi connectivity index (χ4n) is 3.32. The third-order valence-corrected chi connectivity index (χ3v) is 6.07. The van der Waals surface area contributed by atoms with Crippen LogP contribution < -0.4 is 5.32 Å². The van der Waals surface area contributed by atoms with Gasteiger partial charge in [0.2, 0.25) is 0 Å². The van der Waals surface area contributed by atoms with E-state index in [0.717, 1.165) is 38.6 Å². The highest BCUT2D eigenvalue weighted by Gasteiger charge is 2.28. The number of halogens is 1. The molecule has 1 aliphatic rings. The van der Waals surface area contributed by atoms with Crippen LogP contribution in [0, 0.1) is 0 Å². The number of aromatic nitrogens is 2. The zero-order valence-corrected chi connectivity index (χ0v) is 19.3. The first-order valence-electron chi connectivity index (χ1n) is 9.05. The van der Waals surface area contributed by atoms with Gasteiger partial charge in [-0.05, 0) is 30.4 Å². The van der Waals surface area contributed by atoms with Crippen LogP contribution in [-0.4, -0.2) is 46.8 Å². The topological polar surface area (TPSA) is 45.5 Å². The summed E-state index contributed by atoms with van der Waals surface area (Å²) in [5.41, 5.74) is 1.40. The standard InChI is InChI=1S/C19H29N5S.HI/c1-5-20-18(21-14-19(2,3)17-7-6-10-25-17)24-9-8-15(13-24)16-11-22-23(4)12-16;/h6-7,10-12,15H,5,8-9,13-14H2,1-4H3,(H,20,21);1H. The lowest BCUT2D eigenvalue weighted by molar-refractivity contribution is 0.476. The van der Waals surface area contributed by atoms with E-state index < -0.39 is 0 Å². The smallest absolute Gasteiger partial charge is 0.193 e. The Morgan fingerprint density at radius 3 is 2.88 bits per heavy atom. The van der Waals surface area contributed by atoms with E-state index in [0.29, 0.717) is 5.92 Å². The van der Waals surface area contributed by atoms with Gasteiger partial charge in [-0.3, -0.25) is 9.67 Å². The highest BCUT2D eigenvalue weighted by molar-refractivity contribution is 14.0. The van der Waals surface area contributed by atoms with Crippen molar-refractivity contribution in [3.8, 4) is 0 Å². The second-order valence-electron chi connectivity index (χ2n) is 7.41. The monoisotopic (exact) mass is 487 g/mol. The summed E-state index contributed by atoms with van der Waals surface area (Å²) in [4.78, 5) is 8.76. The van der Waals surface area contributed by atoms with Gasteiger partial charge in [-0.25, -0.2) is 0 Å². The normalized spacial score (nSPS) is 18.1. The van der Waals surface area contributed by atoms with E-state index >= 15 is 0 Å². The number of rotatable bonds is 5. The lowest BCUT2D eigenvalue weighted by Gasteiger charge is -2.25. The molecule has 1 N–H and O–H groups in total. The Labute approximate surface area is 177 Å². The molecule has 3 heterocycles. The van der Waals surface area contributed by atoms with Gasteiger partial charge in [0.05, 0.1) is 12.7 Å². The van der Waals surface area contributed by atoms with Crippen LogP contribution in [0.25, 0.3) is 0 Å². The average molecular weight is 487 g/mol. The zero-order chi connectivity index (χ0) is 17.9. The largest absolute Gasteiger partial charge is 0.357 e. The molecule has 0 bridgehead atoms. The minimum Gasteiger partial charge on any atom is -0.357 e. The van der Waals surface area contributed by atoms with Crippen LogP contribution in [-0.2, 0) is 12.5 Å². The summed E-state index contributed by atoms with van der Waals surface area (Å²) in [6.45, 7) is 10.4. The molecule has 3 rings (SSSR count). The molecule has 2 aromatic rings. The molecule has 7 heteroatoms. The van der Waals surface area contributed by atoms with Crippen molar-refractivity contribution in [2.45, 2.75) is 38.5 Å². The molecule has 144 valence electrons. The van der Waals surface area contributed by atoms with Gasteiger partial charge in [0, 0.05) is 49.1 Å². The van der Waals surface area contributed by atoms with E-state index in [1.54, 1.807) is 0 Å². The number of nitrogens with one attached hydrogen (secondary N) is 1. The molecule has 1 atom stereocenters. The Bertz CT molecular complexity index is 707. The number of hydrogen-bond acceptors (Lipinski definition) is 3. The van der Waals surface area contributed by atoms with Crippen molar-refractivity contribution in [2.75, 3.05) is 26.2 Å². The number of guanidine groups is 1. The van der Waals surface area contributed by atoms with Crippen LogP contribution in [0.2, 0.25) is 0 Å². The molecule has 0 radical (unpaired) electrons. The lowest BCUT2D eigenvalue weighted by Crippen LogP contribution is -2.40. The van der Waals surface area contributed by atoms with Crippen LogP contribution >= 0.6 is 35.3 Å². The van der Waals surface area contributed by atoms with Crippen molar-refractivity contribution in [1.82, 2.24) is 20.0 Å². The second-order valence-corrected chi connectivity index (χ2v) is 8.36. The van der Waals surface area contributed by atoms with Gasteiger partial charge in [0.1, 0.15) is 0 Å². The molecule has 0 spiro atoms. The number of nitrogens with zero attached hydrogens (tertiary/aromatic N) is 4. The second kappa shape index (κ2) is 9.21. The minimum atomic E-state index is 0. The van der Waals surface area contributed by atoms with Gasteiger partial charge in [-0.1, -0.05) is 19.9 Å². The molecule has 0 saturated carbocycles. The number of hydrogen-bond donors (Lipinski definition) is 1. The molecule has 1 saturated heterocycles. The van der Waals surface area contributed by atoms with Gasteiger partial charge in [0.15, 0.2) is 5.96 Å². The molecule has 1 aliphatic heterocycles. The first-order chi connectivity index (χ1) is 12.0. The third kappa shape index (κ3) is 5.00. The summed E-state index contributed by atoms with van der Waals surface area (Å²) in [6, 6.07) is 4.33. The molecule has 2 aromatic heterocycles. The fourth-order valence-corrected chi connectivity index (χ4v) is 4.16. The predicted octanol–water partition coefficient (Wildman–Crippen LogP) is 3.83. The van der Waals surface area contributed by atoms with Crippen molar-refractivity contribution in [2.24, 2.45) is 12.0 Å². The van der Waals surface area contributed by atoms with Crippen molar-refractivity contribution < 1.29 is 0 Å². The van der Waals surface area contributed by atoms with Crippen molar-refractivity contribution in [3.63, 3.8) is 0 Å². The summed E-state index contributed by atoms with van der Waals surface area (Å²) < 4.78 is 1.89. The third-order valence-electron chi connectivity index (χ3n) is 4.83. The first-order valence-corrected chi connectivity index (χ1v) is 9.93. The summed E-state index contributed by atoms with van der Waals surface area (Å²) in [6.07, 6.45) is 5.29. The van der Waals surface area contributed by atoms with E-state index in [1.807, 2.05) is 29.3 Å². The lowest BCUT2D eigenvalue weighted by atomic mass is 9.92. The maximum absolute atomic E-state index is 4.97. The van der Waals surface area contributed by atoms with E-state index in [9.17, 15) is 0 Å². The van der Waals surface area contributed by atoms with Crippen LogP contribution in [0.4, 0.5) is 0 Å². The van der Waals surface area contributed by atoms with Gasteiger partial charge >= 0.3 is 0 Å². The molecule has 0 amide bonds. The van der Waals surface area contributed by atoms with Crippen molar-refractivity contribution in [3.05, 3.63) is 40.3 Å². The van der Waals surface area contributed by atoms with Crippen LogP contribution in [0.1, 0.15) is 43.6 Å².